The summed E-state index contributed by atoms with van der Waals surface area (Å²) in [7, 11) is 0. The highest BCUT2D eigenvalue weighted by atomic mass is 15.3. The van der Waals surface area contributed by atoms with Crippen LogP contribution in [0.5, 0.6) is 0 Å². The van der Waals surface area contributed by atoms with Crippen molar-refractivity contribution >= 4 is 0 Å². The lowest BCUT2D eigenvalue weighted by Gasteiger charge is -2.37. The summed E-state index contributed by atoms with van der Waals surface area (Å²) in [6.07, 6.45) is 1.27. The second kappa shape index (κ2) is 5.58. The maximum Gasteiger partial charge on any atom is 0.0191 e. The number of piperazine rings is 1. The summed E-state index contributed by atoms with van der Waals surface area (Å²) in [5.41, 5.74) is 5.64. The molecule has 78 valence electrons. The Bertz CT molecular complexity index is 130. The number of hydrogen-bond acceptors (Lipinski definition) is 3. The van der Waals surface area contributed by atoms with Gasteiger partial charge in [-0.1, -0.05) is 6.92 Å². The van der Waals surface area contributed by atoms with Crippen LogP contribution in [-0.4, -0.2) is 55.1 Å². The molecule has 3 heteroatoms. The lowest BCUT2D eigenvalue weighted by molar-refractivity contribution is 0.105. The molecule has 0 spiro atoms. The van der Waals surface area contributed by atoms with E-state index in [4.69, 9.17) is 5.73 Å². The predicted octanol–water partition coefficient (Wildman–Crippen LogP) is 0.361. The first-order chi connectivity index (χ1) is 6.27. The van der Waals surface area contributed by atoms with Crippen LogP contribution in [0, 0.1) is 0 Å². The van der Waals surface area contributed by atoms with Crippen LogP contribution >= 0.6 is 0 Å². The van der Waals surface area contributed by atoms with E-state index in [-0.39, 0.29) is 0 Å². The minimum atomic E-state index is 0.559. The third kappa shape index (κ3) is 3.25. The van der Waals surface area contributed by atoms with Gasteiger partial charge in [0.2, 0.25) is 0 Å². The Morgan fingerprint density at radius 2 is 1.85 bits per heavy atom. The van der Waals surface area contributed by atoms with E-state index >= 15 is 0 Å². The smallest absolute Gasteiger partial charge is 0.0191 e. The van der Waals surface area contributed by atoms with Gasteiger partial charge in [0, 0.05) is 38.8 Å². The Morgan fingerprint density at radius 1 is 1.23 bits per heavy atom. The molecule has 0 aliphatic carbocycles. The Balaban J connectivity index is 2.22. The SMILES string of the molecule is CCCN1CCN(C(C)CN)CC1. The fraction of sp³-hybridized carbons (Fsp3) is 1.00. The minimum absolute atomic E-state index is 0.559. The molecule has 1 atom stereocenters. The van der Waals surface area contributed by atoms with E-state index in [1.54, 1.807) is 0 Å². The topological polar surface area (TPSA) is 32.5 Å². The summed E-state index contributed by atoms with van der Waals surface area (Å²) in [4.78, 5) is 5.03. The molecule has 0 radical (unpaired) electrons. The van der Waals surface area contributed by atoms with Gasteiger partial charge >= 0.3 is 0 Å². The fourth-order valence-corrected chi connectivity index (χ4v) is 1.89. The largest absolute Gasteiger partial charge is 0.329 e. The molecule has 0 amide bonds. The molecule has 2 N–H and O–H groups in total. The van der Waals surface area contributed by atoms with Gasteiger partial charge in [0.15, 0.2) is 0 Å². The van der Waals surface area contributed by atoms with Gasteiger partial charge < -0.3 is 10.6 Å². The molecule has 0 aromatic heterocycles. The van der Waals surface area contributed by atoms with E-state index in [0.717, 1.165) is 6.54 Å². The van der Waals surface area contributed by atoms with Crippen molar-refractivity contribution in [3.63, 3.8) is 0 Å². The van der Waals surface area contributed by atoms with Crippen LogP contribution in [-0.2, 0) is 0 Å². The number of hydrogen-bond donors (Lipinski definition) is 1. The van der Waals surface area contributed by atoms with E-state index in [0.29, 0.717) is 6.04 Å². The molecule has 3 nitrogen and oxygen atoms in total. The average Bonchev–Trinajstić information content (AvgIpc) is 2.18. The zero-order valence-electron chi connectivity index (χ0n) is 9.00. The van der Waals surface area contributed by atoms with Crippen molar-refractivity contribution in [3.05, 3.63) is 0 Å². The normalized spacial score (nSPS) is 23.3. The molecular weight excluding hydrogens is 162 g/mol. The summed E-state index contributed by atoms with van der Waals surface area (Å²) in [5, 5.41) is 0. The van der Waals surface area contributed by atoms with Crippen LogP contribution in [0.4, 0.5) is 0 Å². The molecule has 0 aromatic carbocycles. The number of nitrogens with zero attached hydrogens (tertiary/aromatic N) is 2. The van der Waals surface area contributed by atoms with Gasteiger partial charge in [0.1, 0.15) is 0 Å². The lowest BCUT2D eigenvalue weighted by Crippen LogP contribution is -2.51. The average molecular weight is 185 g/mol. The third-order valence-electron chi connectivity index (χ3n) is 2.91. The molecule has 1 saturated heterocycles. The molecule has 1 aliphatic heterocycles. The van der Waals surface area contributed by atoms with Gasteiger partial charge in [-0.05, 0) is 19.9 Å². The van der Waals surface area contributed by atoms with Crippen molar-refractivity contribution in [2.75, 3.05) is 39.3 Å². The zero-order chi connectivity index (χ0) is 9.68. The van der Waals surface area contributed by atoms with Gasteiger partial charge in [-0.3, -0.25) is 4.90 Å². The lowest BCUT2D eigenvalue weighted by atomic mass is 10.2. The highest BCUT2D eigenvalue weighted by Gasteiger charge is 2.19. The number of rotatable bonds is 4. The Morgan fingerprint density at radius 3 is 2.31 bits per heavy atom. The van der Waals surface area contributed by atoms with Crippen molar-refractivity contribution < 1.29 is 0 Å². The van der Waals surface area contributed by atoms with Gasteiger partial charge in [-0.25, -0.2) is 0 Å². The molecule has 0 saturated carbocycles. The maximum atomic E-state index is 5.64. The molecule has 0 aromatic rings. The fourth-order valence-electron chi connectivity index (χ4n) is 1.89. The summed E-state index contributed by atoms with van der Waals surface area (Å²) in [5.74, 6) is 0. The Kier molecular flexibility index (Phi) is 4.70. The van der Waals surface area contributed by atoms with Crippen molar-refractivity contribution in [1.29, 1.82) is 0 Å². The van der Waals surface area contributed by atoms with E-state index in [1.165, 1.54) is 39.1 Å². The summed E-state index contributed by atoms with van der Waals surface area (Å²) in [6, 6.07) is 0.559. The quantitative estimate of drug-likeness (QED) is 0.686. The molecule has 1 aliphatic rings. The maximum absolute atomic E-state index is 5.64. The second-order valence-electron chi connectivity index (χ2n) is 3.96. The van der Waals surface area contributed by atoms with E-state index in [2.05, 4.69) is 23.6 Å². The first kappa shape index (κ1) is 11.0. The molecule has 1 fully saturated rings. The Hall–Kier alpha value is -0.120. The summed E-state index contributed by atoms with van der Waals surface area (Å²) >= 11 is 0. The zero-order valence-corrected chi connectivity index (χ0v) is 9.00. The van der Waals surface area contributed by atoms with Crippen LogP contribution in [0.1, 0.15) is 20.3 Å². The van der Waals surface area contributed by atoms with E-state index in [1.807, 2.05) is 0 Å². The highest BCUT2D eigenvalue weighted by Crippen LogP contribution is 2.05. The van der Waals surface area contributed by atoms with E-state index < -0.39 is 0 Å². The van der Waals surface area contributed by atoms with Crippen molar-refractivity contribution in [2.24, 2.45) is 5.73 Å². The minimum Gasteiger partial charge on any atom is -0.329 e. The summed E-state index contributed by atoms with van der Waals surface area (Å²) < 4.78 is 0. The van der Waals surface area contributed by atoms with Crippen LogP contribution in [0.25, 0.3) is 0 Å². The monoisotopic (exact) mass is 185 g/mol. The standard InChI is InChI=1S/C10H23N3/c1-3-4-12-5-7-13(8-6-12)10(2)9-11/h10H,3-9,11H2,1-2H3. The van der Waals surface area contributed by atoms with Gasteiger partial charge in [-0.2, -0.15) is 0 Å². The van der Waals surface area contributed by atoms with Crippen molar-refractivity contribution in [3.8, 4) is 0 Å². The van der Waals surface area contributed by atoms with Crippen LogP contribution in [0.15, 0.2) is 0 Å². The van der Waals surface area contributed by atoms with Crippen molar-refractivity contribution in [2.45, 2.75) is 26.3 Å². The number of nitrogens with two attached hydrogens (primary N) is 1. The molecule has 13 heavy (non-hydrogen) atoms. The summed E-state index contributed by atoms with van der Waals surface area (Å²) in [6.45, 7) is 11.3. The second-order valence-corrected chi connectivity index (χ2v) is 3.96. The molecular formula is C10H23N3. The molecule has 1 rings (SSSR count). The Labute approximate surface area is 81.9 Å². The molecule has 1 unspecified atom stereocenters. The molecule has 1 heterocycles. The predicted molar refractivity (Wildman–Crippen MR) is 56.8 cm³/mol. The highest BCUT2D eigenvalue weighted by molar-refractivity contribution is 4.76. The molecule has 0 bridgehead atoms. The van der Waals surface area contributed by atoms with Crippen LogP contribution < -0.4 is 5.73 Å². The van der Waals surface area contributed by atoms with Crippen molar-refractivity contribution in [1.82, 2.24) is 9.80 Å². The van der Waals surface area contributed by atoms with Gasteiger partial charge in [0.25, 0.3) is 0 Å². The van der Waals surface area contributed by atoms with Crippen LogP contribution in [0.3, 0.4) is 0 Å². The van der Waals surface area contributed by atoms with E-state index in [9.17, 15) is 0 Å². The van der Waals surface area contributed by atoms with Crippen LogP contribution in [0.2, 0.25) is 0 Å². The van der Waals surface area contributed by atoms with Gasteiger partial charge in [0.05, 0.1) is 0 Å². The first-order valence-electron chi connectivity index (χ1n) is 5.44. The third-order valence-corrected chi connectivity index (χ3v) is 2.91. The first-order valence-corrected chi connectivity index (χ1v) is 5.44. The van der Waals surface area contributed by atoms with Gasteiger partial charge in [-0.15, -0.1) is 0 Å².